The molecule has 18 heavy (non-hydrogen) atoms. The molecule has 0 unspecified atom stereocenters. The molecular weight excluding hydrogens is 248 g/mol. The van der Waals surface area contributed by atoms with Gasteiger partial charge in [-0.3, -0.25) is 0 Å². The van der Waals surface area contributed by atoms with Crippen molar-refractivity contribution in [1.29, 1.82) is 5.26 Å². The fourth-order valence-electron chi connectivity index (χ4n) is 1.56. The van der Waals surface area contributed by atoms with Crippen molar-refractivity contribution in [3.63, 3.8) is 0 Å². The molecule has 0 amide bonds. The van der Waals surface area contributed by atoms with Gasteiger partial charge in [0.15, 0.2) is 0 Å². The van der Waals surface area contributed by atoms with Gasteiger partial charge in [0.05, 0.1) is 17.6 Å². The first-order chi connectivity index (χ1) is 8.69. The zero-order chi connectivity index (χ0) is 13.0. The number of rotatable bonds is 4. The number of hydrogen-bond donors (Lipinski definition) is 0. The highest BCUT2D eigenvalue weighted by Gasteiger charge is 2.10. The van der Waals surface area contributed by atoms with Gasteiger partial charge in [-0.05, 0) is 31.5 Å². The number of aromatic nitrogens is 3. The van der Waals surface area contributed by atoms with Crippen LogP contribution in [0, 0.1) is 25.2 Å². The summed E-state index contributed by atoms with van der Waals surface area (Å²) in [5.74, 6) is 1.98. The summed E-state index contributed by atoms with van der Waals surface area (Å²) in [6, 6.07) is 5.97. The Balaban J connectivity index is 2.16. The van der Waals surface area contributed by atoms with Crippen LogP contribution in [0.15, 0.2) is 16.7 Å². The Hall–Kier alpha value is -1.87. The lowest BCUT2D eigenvalue weighted by Gasteiger charge is -1.98. The smallest absolute Gasteiger partial charge is 0.237 e. The first-order valence-electron chi connectivity index (χ1n) is 5.42. The Morgan fingerprint density at radius 1 is 1.33 bits per heavy atom. The van der Waals surface area contributed by atoms with Crippen molar-refractivity contribution in [2.24, 2.45) is 0 Å². The second-order valence-electron chi connectivity index (χ2n) is 3.83. The molecule has 0 aliphatic heterocycles. The number of thioether (sulfide) groups is 1. The summed E-state index contributed by atoms with van der Waals surface area (Å²) >= 11 is 1.44. The lowest BCUT2D eigenvalue weighted by atomic mass is 10.2. The van der Waals surface area contributed by atoms with Gasteiger partial charge in [-0.15, -0.1) is 11.8 Å². The summed E-state index contributed by atoms with van der Waals surface area (Å²) in [5, 5.41) is 12.3. The van der Waals surface area contributed by atoms with E-state index in [9.17, 15) is 0 Å². The van der Waals surface area contributed by atoms with Crippen molar-refractivity contribution in [2.75, 3.05) is 5.75 Å². The van der Waals surface area contributed by atoms with Gasteiger partial charge in [0, 0.05) is 5.69 Å². The Morgan fingerprint density at radius 3 is 2.89 bits per heavy atom. The molecule has 0 radical (unpaired) electrons. The fourth-order valence-corrected chi connectivity index (χ4v) is 2.04. The highest BCUT2D eigenvalue weighted by atomic mass is 32.2. The molecule has 92 valence electrons. The second-order valence-corrected chi connectivity index (χ2v) is 4.82. The molecule has 0 aliphatic rings. The van der Waals surface area contributed by atoms with Gasteiger partial charge in [0.1, 0.15) is 5.69 Å². The third kappa shape index (κ3) is 3.08. The largest absolute Gasteiger partial charge is 0.338 e. The van der Waals surface area contributed by atoms with E-state index in [-0.39, 0.29) is 0 Å². The molecule has 0 saturated carbocycles. The van der Waals surface area contributed by atoms with Crippen molar-refractivity contribution >= 4 is 11.8 Å². The summed E-state index contributed by atoms with van der Waals surface area (Å²) in [6.45, 7) is 3.93. The van der Waals surface area contributed by atoms with Gasteiger partial charge in [0.25, 0.3) is 0 Å². The highest BCUT2D eigenvalue weighted by Crippen LogP contribution is 2.17. The quantitative estimate of drug-likeness (QED) is 0.786. The van der Waals surface area contributed by atoms with Crippen molar-refractivity contribution in [1.82, 2.24) is 15.1 Å². The van der Waals surface area contributed by atoms with Gasteiger partial charge in [-0.25, -0.2) is 4.98 Å². The average Bonchev–Trinajstić information content (AvgIpc) is 2.77. The predicted molar refractivity (Wildman–Crippen MR) is 68.8 cm³/mol. The standard InChI is InChI=1S/C12H12N4OS/c1-8-5-9(2)14-10(6-8)12-15-11(17-16-12)7-18-4-3-13/h5-6H,4,7H2,1-2H3. The third-order valence-electron chi connectivity index (χ3n) is 2.19. The number of hydrogen-bond acceptors (Lipinski definition) is 6. The van der Waals surface area contributed by atoms with Gasteiger partial charge >= 0.3 is 0 Å². The molecule has 2 heterocycles. The van der Waals surface area contributed by atoms with Crippen molar-refractivity contribution in [3.8, 4) is 17.6 Å². The average molecular weight is 260 g/mol. The SMILES string of the molecule is Cc1cc(C)nc(-c2noc(CSCC#N)n2)c1. The monoisotopic (exact) mass is 260 g/mol. The second kappa shape index (κ2) is 5.65. The van der Waals surface area contributed by atoms with Crippen LogP contribution in [-0.2, 0) is 5.75 Å². The van der Waals surface area contributed by atoms with Crippen LogP contribution < -0.4 is 0 Å². The summed E-state index contributed by atoms with van der Waals surface area (Å²) in [4.78, 5) is 8.63. The summed E-state index contributed by atoms with van der Waals surface area (Å²) in [6.07, 6.45) is 0. The summed E-state index contributed by atoms with van der Waals surface area (Å²) < 4.78 is 5.11. The van der Waals surface area contributed by atoms with Gasteiger partial charge in [0.2, 0.25) is 11.7 Å². The van der Waals surface area contributed by atoms with Crippen LogP contribution in [0.4, 0.5) is 0 Å². The van der Waals surface area contributed by atoms with Crippen molar-refractivity contribution in [2.45, 2.75) is 19.6 Å². The van der Waals surface area contributed by atoms with Gasteiger partial charge in [-0.1, -0.05) is 5.16 Å². The van der Waals surface area contributed by atoms with Crippen LogP contribution in [0.2, 0.25) is 0 Å². The molecule has 5 nitrogen and oxygen atoms in total. The number of pyridine rings is 1. The molecule has 0 fully saturated rings. The van der Waals surface area contributed by atoms with E-state index in [1.165, 1.54) is 11.8 Å². The van der Waals surface area contributed by atoms with Crippen LogP contribution in [0.3, 0.4) is 0 Å². The Kier molecular flexibility index (Phi) is 3.95. The molecule has 0 spiro atoms. The maximum atomic E-state index is 8.44. The summed E-state index contributed by atoms with van der Waals surface area (Å²) in [7, 11) is 0. The molecule has 0 aliphatic carbocycles. The molecule has 0 bridgehead atoms. The van der Waals surface area contributed by atoms with E-state index in [0.717, 1.165) is 11.3 Å². The van der Waals surface area contributed by atoms with E-state index in [1.54, 1.807) is 0 Å². The topological polar surface area (TPSA) is 75.6 Å². The van der Waals surface area contributed by atoms with Crippen LogP contribution in [0.1, 0.15) is 17.1 Å². The molecular formula is C12H12N4OS. The van der Waals surface area contributed by atoms with E-state index in [0.29, 0.717) is 28.9 Å². The zero-order valence-electron chi connectivity index (χ0n) is 10.2. The lowest BCUT2D eigenvalue weighted by Crippen LogP contribution is -1.91. The van der Waals surface area contributed by atoms with E-state index in [1.807, 2.05) is 26.0 Å². The van der Waals surface area contributed by atoms with Crippen molar-refractivity contribution < 1.29 is 4.52 Å². The normalized spacial score (nSPS) is 10.3. The van der Waals surface area contributed by atoms with Gasteiger partial charge in [-0.2, -0.15) is 10.2 Å². The molecule has 6 heteroatoms. The predicted octanol–water partition coefficient (Wildman–Crippen LogP) is 2.51. The minimum Gasteiger partial charge on any atom is -0.338 e. The maximum Gasteiger partial charge on any atom is 0.237 e. The Bertz CT molecular complexity index is 568. The third-order valence-corrected chi connectivity index (χ3v) is 2.97. The Labute approximate surface area is 109 Å². The molecule has 0 saturated heterocycles. The first-order valence-corrected chi connectivity index (χ1v) is 6.57. The number of nitrogens with zero attached hydrogens (tertiary/aromatic N) is 4. The van der Waals surface area contributed by atoms with Crippen LogP contribution >= 0.6 is 11.8 Å². The number of nitriles is 1. The molecule has 0 aromatic carbocycles. The minimum absolute atomic E-state index is 0.416. The van der Waals surface area contributed by atoms with Crippen LogP contribution in [-0.4, -0.2) is 20.9 Å². The molecule has 2 aromatic heterocycles. The van der Waals surface area contributed by atoms with Crippen LogP contribution in [0.5, 0.6) is 0 Å². The maximum absolute atomic E-state index is 8.44. The van der Waals surface area contributed by atoms with E-state index < -0.39 is 0 Å². The van der Waals surface area contributed by atoms with Crippen molar-refractivity contribution in [3.05, 3.63) is 29.3 Å². The summed E-state index contributed by atoms with van der Waals surface area (Å²) in [5.41, 5.74) is 2.76. The first kappa shape index (κ1) is 12.6. The lowest BCUT2D eigenvalue weighted by molar-refractivity contribution is 0.391. The minimum atomic E-state index is 0.416. The number of aryl methyl sites for hydroxylation is 2. The molecule has 0 atom stereocenters. The van der Waals surface area contributed by atoms with Gasteiger partial charge < -0.3 is 4.52 Å². The zero-order valence-corrected chi connectivity index (χ0v) is 11.0. The molecule has 2 rings (SSSR count). The fraction of sp³-hybridized carbons (Fsp3) is 0.333. The highest BCUT2D eigenvalue weighted by molar-refractivity contribution is 7.98. The van der Waals surface area contributed by atoms with E-state index >= 15 is 0 Å². The van der Waals surface area contributed by atoms with E-state index in [2.05, 4.69) is 21.2 Å². The van der Waals surface area contributed by atoms with Crippen LogP contribution in [0.25, 0.3) is 11.5 Å². The molecule has 2 aromatic rings. The molecule has 0 N–H and O–H groups in total. The van der Waals surface area contributed by atoms with E-state index in [4.69, 9.17) is 9.78 Å². The Morgan fingerprint density at radius 2 is 2.17 bits per heavy atom.